The zero-order valence-electron chi connectivity index (χ0n) is 14.8. The quantitative estimate of drug-likeness (QED) is 0.704. The molecule has 3 aromatic rings. The second-order valence-electron chi connectivity index (χ2n) is 6.71. The zero-order chi connectivity index (χ0) is 19.0. The number of anilines is 1. The molecule has 2 heterocycles. The van der Waals surface area contributed by atoms with E-state index in [4.69, 9.17) is 11.6 Å². The first-order valence-electron chi connectivity index (χ1n) is 8.79. The topological polar surface area (TPSA) is 80.0 Å². The Morgan fingerprint density at radius 2 is 2.15 bits per heavy atom. The molecule has 7 heteroatoms. The number of hydrogen-bond donors (Lipinski definition) is 2. The molecule has 1 amide bonds. The molecule has 1 aliphatic rings. The fourth-order valence-corrected chi connectivity index (χ4v) is 3.16. The van der Waals surface area contributed by atoms with E-state index in [0.29, 0.717) is 22.1 Å². The average molecular weight is 383 g/mol. The SMILES string of the molecule is Cc1cnc(NC(=O)C2CC2)cc1-n1cc(CO)c(-c2ccccc2Cl)n1. The van der Waals surface area contributed by atoms with Crippen LogP contribution in [0.4, 0.5) is 5.82 Å². The third-order valence-electron chi connectivity index (χ3n) is 4.61. The molecule has 6 nitrogen and oxygen atoms in total. The summed E-state index contributed by atoms with van der Waals surface area (Å²) in [5.41, 5.74) is 3.74. The average Bonchev–Trinajstić information content (AvgIpc) is 3.43. The van der Waals surface area contributed by atoms with Gasteiger partial charge in [-0.2, -0.15) is 5.10 Å². The minimum absolute atomic E-state index is 0.00516. The number of halogens is 1. The molecule has 4 rings (SSSR count). The highest BCUT2D eigenvalue weighted by molar-refractivity contribution is 6.33. The Bertz CT molecular complexity index is 1010. The van der Waals surface area contributed by atoms with Crippen molar-refractivity contribution >= 4 is 23.3 Å². The predicted molar refractivity (Wildman–Crippen MR) is 104 cm³/mol. The maximum Gasteiger partial charge on any atom is 0.228 e. The number of aliphatic hydroxyl groups is 1. The molecule has 0 radical (unpaired) electrons. The summed E-state index contributed by atoms with van der Waals surface area (Å²) >= 11 is 6.30. The Morgan fingerprint density at radius 3 is 2.85 bits per heavy atom. The van der Waals surface area contributed by atoms with Gasteiger partial charge in [-0.05, 0) is 31.4 Å². The van der Waals surface area contributed by atoms with Crippen molar-refractivity contribution < 1.29 is 9.90 Å². The van der Waals surface area contributed by atoms with Gasteiger partial charge >= 0.3 is 0 Å². The van der Waals surface area contributed by atoms with Crippen LogP contribution in [0.3, 0.4) is 0 Å². The van der Waals surface area contributed by atoms with Crippen LogP contribution in [-0.4, -0.2) is 25.8 Å². The van der Waals surface area contributed by atoms with Crippen LogP contribution in [0, 0.1) is 12.8 Å². The first kappa shape index (κ1) is 17.7. The third kappa shape index (κ3) is 3.59. The van der Waals surface area contributed by atoms with Gasteiger partial charge in [0.25, 0.3) is 0 Å². The lowest BCUT2D eigenvalue weighted by atomic mass is 10.1. The lowest BCUT2D eigenvalue weighted by Gasteiger charge is -2.09. The van der Waals surface area contributed by atoms with Crippen LogP contribution in [0.15, 0.2) is 42.7 Å². The van der Waals surface area contributed by atoms with Crippen molar-refractivity contribution in [1.82, 2.24) is 14.8 Å². The molecule has 2 N–H and O–H groups in total. The van der Waals surface area contributed by atoms with Crippen molar-refractivity contribution in [3.63, 3.8) is 0 Å². The molecule has 1 saturated carbocycles. The standard InChI is InChI=1S/C20H19ClN4O2/c1-12-9-22-18(23-20(27)13-6-7-13)8-17(12)25-10-14(11-26)19(24-25)15-4-2-3-5-16(15)21/h2-5,8-10,13,26H,6-7,11H2,1H3,(H,22,23,27). The summed E-state index contributed by atoms with van der Waals surface area (Å²) in [6, 6.07) is 9.18. The number of carbonyl (C=O) groups excluding carboxylic acids is 1. The van der Waals surface area contributed by atoms with Gasteiger partial charge in [-0.25, -0.2) is 9.67 Å². The van der Waals surface area contributed by atoms with Gasteiger partial charge in [-0.3, -0.25) is 4.79 Å². The minimum atomic E-state index is -0.157. The van der Waals surface area contributed by atoms with E-state index < -0.39 is 0 Å². The minimum Gasteiger partial charge on any atom is -0.392 e. The molecule has 1 aliphatic carbocycles. The third-order valence-corrected chi connectivity index (χ3v) is 4.94. The van der Waals surface area contributed by atoms with Crippen molar-refractivity contribution in [1.29, 1.82) is 0 Å². The smallest absolute Gasteiger partial charge is 0.228 e. The lowest BCUT2D eigenvalue weighted by molar-refractivity contribution is -0.117. The number of nitrogens with zero attached hydrogens (tertiary/aromatic N) is 3. The molecule has 138 valence electrons. The Hall–Kier alpha value is -2.70. The number of rotatable bonds is 5. The van der Waals surface area contributed by atoms with Crippen molar-refractivity contribution in [2.45, 2.75) is 26.4 Å². The Morgan fingerprint density at radius 1 is 1.37 bits per heavy atom. The molecule has 0 spiro atoms. The summed E-state index contributed by atoms with van der Waals surface area (Å²) < 4.78 is 1.69. The Kier molecular flexibility index (Phi) is 4.68. The Labute approximate surface area is 161 Å². The van der Waals surface area contributed by atoms with Crippen LogP contribution in [0.2, 0.25) is 5.02 Å². The zero-order valence-corrected chi connectivity index (χ0v) is 15.6. The highest BCUT2D eigenvalue weighted by atomic mass is 35.5. The van der Waals surface area contributed by atoms with Gasteiger partial charge in [0.15, 0.2) is 0 Å². The predicted octanol–water partition coefficient (Wildman–Crippen LogP) is 3.74. The van der Waals surface area contributed by atoms with Gasteiger partial charge in [0, 0.05) is 35.5 Å². The van der Waals surface area contributed by atoms with Gasteiger partial charge in [-0.15, -0.1) is 0 Å². The fraction of sp³-hybridized carbons (Fsp3) is 0.250. The maximum absolute atomic E-state index is 12.0. The number of hydrogen-bond acceptors (Lipinski definition) is 4. The fourth-order valence-electron chi connectivity index (χ4n) is 2.93. The van der Waals surface area contributed by atoms with E-state index >= 15 is 0 Å². The van der Waals surface area contributed by atoms with Crippen molar-refractivity contribution in [2.75, 3.05) is 5.32 Å². The Balaban J connectivity index is 1.73. The van der Waals surface area contributed by atoms with E-state index in [9.17, 15) is 9.90 Å². The van der Waals surface area contributed by atoms with E-state index in [1.807, 2.05) is 25.1 Å². The highest BCUT2D eigenvalue weighted by Gasteiger charge is 2.29. The lowest BCUT2D eigenvalue weighted by Crippen LogP contribution is -2.15. The molecule has 0 aliphatic heterocycles. The second kappa shape index (κ2) is 7.13. The number of aromatic nitrogens is 3. The van der Waals surface area contributed by atoms with Crippen LogP contribution in [0.1, 0.15) is 24.0 Å². The normalized spacial score (nSPS) is 13.6. The van der Waals surface area contributed by atoms with Crippen LogP contribution < -0.4 is 5.32 Å². The molecule has 0 saturated heterocycles. The van der Waals surface area contributed by atoms with Crippen LogP contribution >= 0.6 is 11.6 Å². The van der Waals surface area contributed by atoms with E-state index in [1.54, 1.807) is 29.2 Å². The summed E-state index contributed by atoms with van der Waals surface area (Å²) in [6.07, 6.45) is 5.34. The van der Waals surface area contributed by atoms with E-state index in [1.165, 1.54) is 0 Å². The number of carbonyl (C=O) groups is 1. The van der Waals surface area contributed by atoms with Gasteiger partial charge in [0.05, 0.1) is 23.0 Å². The van der Waals surface area contributed by atoms with E-state index in [2.05, 4.69) is 15.4 Å². The number of benzene rings is 1. The first-order valence-corrected chi connectivity index (χ1v) is 9.17. The molecule has 0 bridgehead atoms. The first-order chi connectivity index (χ1) is 13.1. The number of amides is 1. The van der Waals surface area contributed by atoms with Crippen LogP contribution in [0.5, 0.6) is 0 Å². The molecular formula is C20H19ClN4O2. The van der Waals surface area contributed by atoms with Crippen LogP contribution in [-0.2, 0) is 11.4 Å². The number of nitrogens with one attached hydrogen (secondary N) is 1. The monoisotopic (exact) mass is 382 g/mol. The second-order valence-corrected chi connectivity index (χ2v) is 7.11. The summed E-state index contributed by atoms with van der Waals surface area (Å²) in [4.78, 5) is 16.3. The summed E-state index contributed by atoms with van der Waals surface area (Å²) in [7, 11) is 0. The largest absolute Gasteiger partial charge is 0.392 e. The summed E-state index contributed by atoms with van der Waals surface area (Å²) in [5.74, 6) is 0.604. The van der Waals surface area contributed by atoms with E-state index in [0.717, 1.165) is 29.7 Å². The molecule has 1 fully saturated rings. The van der Waals surface area contributed by atoms with Crippen molar-refractivity contribution in [3.05, 3.63) is 58.9 Å². The van der Waals surface area contributed by atoms with Crippen molar-refractivity contribution in [2.24, 2.45) is 5.92 Å². The summed E-state index contributed by atoms with van der Waals surface area (Å²) in [5, 5.41) is 17.8. The van der Waals surface area contributed by atoms with Gasteiger partial charge in [-0.1, -0.05) is 29.8 Å². The van der Waals surface area contributed by atoms with Gasteiger partial charge < -0.3 is 10.4 Å². The van der Waals surface area contributed by atoms with Crippen molar-refractivity contribution in [3.8, 4) is 16.9 Å². The molecular weight excluding hydrogens is 364 g/mol. The molecule has 0 unspecified atom stereocenters. The molecule has 2 aromatic heterocycles. The highest BCUT2D eigenvalue weighted by Crippen LogP contribution is 2.32. The maximum atomic E-state index is 12.0. The number of pyridine rings is 1. The van der Waals surface area contributed by atoms with Gasteiger partial charge in [0.2, 0.25) is 5.91 Å². The number of aryl methyl sites for hydroxylation is 1. The molecule has 27 heavy (non-hydrogen) atoms. The van der Waals surface area contributed by atoms with E-state index in [-0.39, 0.29) is 18.4 Å². The molecule has 0 atom stereocenters. The van der Waals surface area contributed by atoms with Gasteiger partial charge in [0.1, 0.15) is 5.82 Å². The molecule has 1 aromatic carbocycles. The van der Waals surface area contributed by atoms with Crippen LogP contribution in [0.25, 0.3) is 16.9 Å². The number of aliphatic hydroxyl groups excluding tert-OH is 1. The summed E-state index contributed by atoms with van der Waals surface area (Å²) in [6.45, 7) is 1.76.